The predicted octanol–water partition coefficient (Wildman–Crippen LogP) is 3.25. The third-order valence-electron chi connectivity index (χ3n) is 12.0. The summed E-state index contributed by atoms with van der Waals surface area (Å²) < 4.78 is 23.0. The Balaban J connectivity index is 1.66. The molecule has 0 aromatic heterocycles. The highest BCUT2D eigenvalue weighted by Crippen LogP contribution is 2.48. The van der Waals surface area contributed by atoms with Crippen molar-refractivity contribution in [2.45, 2.75) is 85.6 Å². The molecule has 5 bridgehead atoms. The van der Waals surface area contributed by atoms with E-state index in [1.165, 1.54) is 60.1 Å². The van der Waals surface area contributed by atoms with Crippen LogP contribution in [0.5, 0.6) is 11.5 Å². The number of amides is 1. The van der Waals surface area contributed by atoms with Crippen LogP contribution in [0, 0.1) is 35.8 Å². The number of quaternary nitrogens is 1. The van der Waals surface area contributed by atoms with Gasteiger partial charge in [-0.2, -0.15) is 5.10 Å². The van der Waals surface area contributed by atoms with E-state index in [0.717, 1.165) is 12.5 Å². The fourth-order valence-electron chi connectivity index (χ4n) is 7.97. The van der Waals surface area contributed by atoms with Gasteiger partial charge in [-0.15, -0.1) is 0 Å². The molecule has 1 aromatic carbocycles. The molecule has 4 N–H and O–H groups in total. The van der Waals surface area contributed by atoms with Gasteiger partial charge in [0.2, 0.25) is 5.78 Å². The Morgan fingerprint density at radius 3 is 2.27 bits per heavy atom. The number of Topliss-reactive ketones (excluding diaryl/α,β-unsaturated/α-hetero) is 3. The maximum Gasteiger partial charge on any atom is 0.312 e. The van der Waals surface area contributed by atoms with Crippen molar-refractivity contribution < 1.29 is 62.9 Å². The van der Waals surface area contributed by atoms with Crippen molar-refractivity contribution >= 4 is 35.4 Å². The molecule has 0 spiro atoms. The van der Waals surface area contributed by atoms with Crippen molar-refractivity contribution in [3.8, 4) is 11.5 Å². The van der Waals surface area contributed by atoms with E-state index >= 15 is 0 Å². The molecule has 1 aliphatic carbocycles. The van der Waals surface area contributed by atoms with Crippen LogP contribution in [0.25, 0.3) is 0 Å². The number of allylic oxidation sites excluding steroid dienone is 4. The first-order valence-electron chi connectivity index (χ1n) is 19.9. The first-order valence-corrected chi connectivity index (χ1v) is 19.9. The van der Waals surface area contributed by atoms with Crippen LogP contribution < -0.4 is 10.1 Å². The number of methoxy groups -OCH3 is 1. The number of carbonyl (C=O) groups excluding carboxylic acids is 5. The third kappa shape index (κ3) is 8.95. The summed E-state index contributed by atoms with van der Waals surface area (Å²) in [6.45, 7) is 13.1. The molecule has 9 atom stereocenters. The molecule has 0 saturated carbocycles. The second kappa shape index (κ2) is 17.8. The summed E-state index contributed by atoms with van der Waals surface area (Å²) in [5.74, 6) is -9.69. The number of aliphatic hydroxyl groups is 2. The Labute approximate surface area is 349 Å². The van der Waals surface area contributed by atoms with Crippen LogP contribution in [0.4, 0.5) is 0 Å². The lowest BCUT2D eigenvalue weighted by Gasteiger charge is -2.44. The molecule has 1 aromatic rings. The van der Waals surface area contributed by atoms with Crippen LogP contribution in [-0.2, 0) is 23.8 Å². The van der Waals surface area contributed by atoms with Crippen molar-refractivity contribution in [1.29, 1.82) is 0 Å². The number of ketones is 3. The SMILES string of the molecule is CO[C@H]1/C=C/O[C@@]2(C)Oc3c(C)c(O)c4c(c3C2=O)C(=O)C(/C=N/N2CC[N+](C)([O-])CC2)=C(NC(=O)/C(C)=C\C=C\[C@H](C)[C@H](O)[C@@H](C)[C@@H](O)[C@@H](C)[C@H](OC(C)=O)[C@@H]1C)C4=O. The van der Waals surface area contributed by atoms with Gasteiger partial charge in [0.15, 0.2) is 5.78 Å². The Kier molecular flexibility index (Phi) is 13.6. The summed E-state index contributed by atoms with van der Waals surface area (Å²) in [6, 6.07) is 0. The number of benzene rings is 1. The summed E-state index contributed by atoms with van der Waals surface area (Å²) in [4.78, 5) is 69.5. The standard InChI is InChI=1S/C43H56N4O13/c1-21-12-11-13-22(2)42(55)45-33-28(20-44-46-15-17-47(9,56)18-16-46)37(52)30-31(38(33)53)36(51)26(6)40-32(30)41(54)43(8,60-40)58-19-14-29(57-10)23(3)39(59-27(7)48)25(5)35(50)24(4)34(21)49/h11-14,19-21,23-25,29,34-35,39,49-51H,15-18H2,1-10H3,(H,45,55)/b12-11+,19-14+,22-13-,44-20+/t21-,23+,24+,25+,29-,34-,35+,39+,43-/m0/s1. The minimum atomic E-state index is -2.12. The average molecular weight is 837 g/mol. The van der Waals surface area contributed by atoms with Gasteiger partial charge in [0.05, 0.1) is 86.3 Å². The maximum absolute atomic E-state index is 14.6. The van der Waals surface area contributed by atoms with Gasteiger partial charge in [0, 0.05) is 55.8 Å². The highest BCUT2D eigenvalue weighted by Gasteiger charge is 2.52. The maximum atomic E-state index is 14.6. The summed E-state index contributed by atoms with van der Waals surface area (Å²) >= 11 is 0. The van der Waals surface area contributed by atoms with Gasteiger partial charge in [0.1, 0.15) is 23.3 Å². The minimum Gasteiger partial charge on any atom is -0.633 e. The second-order valence-electron chi connectivity index (χ2n) is 16.5. The van der Waals surface area contributed by atoms with Gasteiger partial charge in [-0.3, -0.25) is 29.0 Å². The van der Waals surface area contributed by atoms with Gasteiger partial charge < -0.3 is 49.4 Å². The van der Waals surface area contributed by atoms with Crippen LogP contribution >= 0.6 is 0 Å². The van der Waals surface area contributed by atoms with E-state index in [4.69, 9.17) is 18.9 Å². The van der Waals surface area contributed by atoms with Gasteiger partial charge in [-0.25, -0.2) is 0 Å². The van der Waals surface area contributed by atoms with Crippen molar-refractivity contribution in [2.75, 3.05) is 40.3 Å². The first-order chi connectivity index (χ1) is 28.0. The van der Waals surface area contributed by atoms with Gasteiger partial charge in [-0.05, 0) is 19.9 Å². The Bertz CT molecular complexity index is 2080. The number of phenols is 1. The van der Waals surface area contributed by atoms with Crippen LogP contribution in [0.2, 0.25) is 0 Å². The normalized spacial score (nSPS) is 33.5. The number of nitrogens with one attached hydrogen (secondary N) is 1. The molecule has 1 amide bonds. The molecule has 60 heavy (non-hydrogen) atoms. The molecule has 1 fully saturated rings. The highest BCUT2D eigenvalue weighted by atomic mass is 16.7. The number of carbonyl (C=O) groups is 5. The fraction of sp³-hybridized carbons (Fsp3) is 0.535. The molecule has 17 heteroatoms. The molecule has 17 nitrogen and oxygen atoms in total. The molecule has 1 saturated heterocycles. The number of aliphatic hydroxyl groups excluding tert-OH is 2. The summed E-state index contributed by atoms with van der Waals surface area (Å²) in [5, 5.41) is 55.3. The number of phenolic OH excluding ortho intramolecular Hbond substituents is 1. The van der Waals surface area contributed by atoms with Crippen LogP contribution in [0.15, 0.2) is 52.5 Å². The van der Waals surface area contributed by atoms with Crippen molar-refractivity contribution in [3.05, 3.63) is 74.9 Å². The number of esters is 1. The van der Waals surface area contributed by atoms with E-state index < -0.39 is 110 Å². The monoisotopic (exact) mass is 836 g/mol. The number of ether oxygens (including phenoxy) is 4. The zero-order valence-electron chi connectivity index (χ0n) is 35.7. The number of hydrazone groups is 1. The predicted molar refractivity (Wildman–Crippen MR) is 218 cm³/mol. The van der Waals surface area contributed by atoms with Crippen molar-refractivity contribution in [2.24, 2.45) is 28.8 Å². The average Bonchev–Trinajstić information content (AvgIpc) is 3.46. The molecule has 4 aliphatic heterocycles. The molecule has 6 rings (SSSR count). The number of fused-ring (bicyclic) bond motifs is 14. The fourth-order valence-corrected chi connectivity index (χ4v) is 7.97. The highest BCUT2D eigenvalue weighted by molar-refractivity contribution is 6.37. The van der Waals surface area contributed by atoms with E-state index in [9.17, 15) is 44.5 Å². The van der Waals surface area contributed by atoms with Crippen LogP contribution in [0.1, 0.15) is 85.1 Å². The first kappa shape index (κ1) is 45.9. The molecular weight excluding hydrogens is 780 g/mol. The molecule has 5 aliphatic rings. The number of nitrogens with zero attached hydrogens (tertiary/aromatic N) is 3. The van der Waals surface area contributed by atoms with Crippen LogP contribution in [-0.4, -0.2) is 131 Å². The number of aromatic hydroxyl groups is 1. The Morgan fingerprint density at radius 2 is 1.65 bits per heavy atom. The van der Waals surface area contributed by atoms with Gasteiger partial charge >= 0.3 is 11.8 Å². The van der Waals surface area contributed by atoms with E-state index in [1.807, 2.05) is 0 Å². The van der Waals surface area contributed by atoms with Gasteiger partial charge in [-0.1, -0.05) is 45.9 Å². The lowest BCUT2D eigenvalue weighted by atomic mass is 9.78. The summed E-state index contributed by atoms with van der Waals surface area (Å²) in [5.41, 5.74) is -2.13. The van der Waals surface area contributed by atoms with E-state index in [1.54, 1.807) is 38.8 Å². The lowest BCUT2D eigenvalue weighted by molar-refractivity contribution is -0.865. The number of hydrogen-bond acceptors (Lipinski definition) is 15. The van der Waals surface area contributed by atoms with Gasteiger partial charge in [0.25, 0.3) is 11.7 Å². The molecule has 0 unspecified atom stereocenters. The summed E-state index contributed by atoms with van der Waals surface area (Å²) in [7, 11) is 2.95. The second-order valence-corrected chi connectivity index (χ2v) is 16.5. The number of likely N-dealkylation sites (N-methyl/N-ethyl adjacent to an activating group) is 1. The number of piperazine rings is 1. The van der Waals surface area contributed by atoms with Crippen molar-refractivity contribution in [1.82, 2.24) is 10.3 Å². The van der Waals surface area contributed by atoms with E-state index in [-0.39, 0.29) is 54.2 Å². The number of hydroxylamine groups is 3. The van der Waals surface area contributed by atoms with E-state index in [0.29, 0.717) is 0 Å². The van der Waals surface area contributed by atoms with Crippen LogP contribution in [0.3, 0.4) is 0 Å². The Morgan fingerprint density at radius 1 is 1.00 bits per heavy atom. The molecular formula is C43H56N4O13. The third-order valence-corrected chi connectivity index (χ3v) is 12.0. The largest absolute Gasteiger partial charge is 0.633 e. The quantitative estimate of drug-likeness (QED) is 0.148. The number of rotatable bonds is 4. The van der Waals surface area contributed by atoms with Crippen molar-refractivity contribution in [3.63, 3.8) is 0 Å². The minimum absolute atomic E-state index is 0.0399. The number of hydrogen-bond donors (Lipinski definition) is 4. The molecule has 0 radical (unpaired) electrons. The smallest absolute Gasteiger partial charge is 0.312 e. The molecule has 4 heterocycles. The zero-order chi connectivity index (χ0) is 44.6. The summed E-state index contributed by atoms with van der Waals surface area (Å²) in [6.07, 6.45) is 4.31. The van der Waals surface area contributed by atoms with E-state index in [2.05, 4.69) is 10.4 Å². The molecule has 326 valence electrons. The Hall–Kier alpha value is -5.20. The lowest BCUT2D eigenvalue weighted by Crippen LogP contribution is -2.52. The topological polar surface area (TPSA) is 234 Å². The zero-order valence-corrected chi connectivity index (χ0v) is 35.7.